The Kier molecular flexibility index (Phi) is 7.25. The molecule has 2 fully saturated rings. The quantitative estimate of drug-likeness (QED) is 0.236. The normalized spacial score (nSPS) is 25.6. The maximum Gasteiger partial charge on any atom is 0.511 e. The number of amides is 1. The highest BCUT2D eigenvalue weighted by Crippen LogP contribution is 2.52. The van der Waals surface area contributed by atoms with Crippen molar-refractivity contribution in [3.8, 4) is 0 Å². The molecule has 0 spiro atoms. The first kappa shape index (κ1) is 26.1. The number of aromatic nitrogens is 2. The van der Waals surface area contributed by atoms with Gasteiger partial charge in [-0.05, 0) is 38.9 Å². The van der Waals surface area contributed by atoms with Crippen LogP contribution >= 0.6 is 23.1 Å². The van der Waals surface area contributed by atoms with Gasteiger partial charge in [0.2, 0.25) is 12.2 Å². The van der Waals surface area contributed by atoms with E-state index >= 15 is 0 Å². The number of esters is 1. The fraction of sp³-hybridized carbons (Fsp3) is 0.600. The van der Waals surface area contributed by atoms with Crippen LogP contribution in [0.2, 0.25) is 0 Å². The van der Waals surface area contributed by atoms with Crippen LogP contribution < -0.4 is 0 Å². The van der Waals surface area contributed by atoms with Gasteiger partial charge in [-0.1, -0.05) is 13.3 Å². The summed E-state index contributed by atoms with van der Waals surface area (Å²) in [6, 6.07) is -0.364. The van der Waals surface area contributed by atoms with Crippen molar-refractivity contribution in [1.82, 2.24) is 14.3 Å². The Bertz CT molecular complexity index is 1250. The van der Waals surface area contributed by atoms with Gasteiger partial charge in [-0.25, -0.2) is 14.6 Å². The number of nitrogens with zero attached hydrogens (tertiary/aromatic N) is 3. The molecule has 4 heterocycles. The number of hydrogen-bond donors (Lipinski definition) is 1. The number of aliphatic hydroxyl groups excluding tert-OH is 1. The summed E-state index contributed by atoms with van der Waals surface area (Å²) in [6.45, 7) is 4.97. The van der Waals surface area contributed by atoms with Crippen molar-refractivity contribution in [2.75, 3.05) is 6.26 Å². The fourth-order valence-electron chi connectivity index (χ4n) is 5.64. The zero-order valence-corrected chi connectivity index (χ0v) is 22.8. The van der Waals surface area contributed by atoms with E-state index in [1.807, 2.05) is 23.8 Å². The highest BCUT2D eigenvalue weighted by Gasteiger charge is 2.60. The first-order valence-corrected chi connectivity index (χ1v) is 14.6. The van der Waals surface area contributed by atoms with Gasteiger partial charge in [0.15, 0.2) is 0 Å². The van der Waals surface area contributed by atoms with Gasteiger partial charge in [0.1, 0.15) is 28.0 Å². The maximum absolute atomic E-state index is 13.5. The average Bonchev–Trinajstić information content (AvgIpc) is 3.48. The highest BCUT2D eigenvalue weighted by molar-refractivity contribution is 7.98. The van der Waals surface area contributed by atoms with E-state index in [1.54, 1.807) is 13.3 Å². The minimum atomic E-state index is -1.21. The second kappa shape index (κ2) is 10.3. The van der Waals surface area contributed by atoms with Gasteiger partial charge in [0, 0.05) is 24.6 Å². The number of rotatable bonds is 7. The molecule has 2 aliphatic heterocycles. The van der Waals surface area contributed by atoms with Gasteiger partial charge in [0.05, 0.1) is 22.9 Å². The largest absolute Gasteiger partial charge is 0.511 e. The molecular weight excluding hydrogens is 518 g/mol. The molecule has 1 saturated heterocycles. The number of imidazole rings is 1. The lowest BCUT2D eigenvalue weighted by atomic mass is 9.77. The lowest BCUT2D eigenvalue weighted by Crippen LogP contribution is -2.63. The van der Waals surface area contributed by atoms with Crippen molar-refractivity contribution in [3.05, 3.63) is 23.1 Å². The monoisotopic (exact) mass is 549 g/mol. The number of carbonyl (C=O) groups is 3. The Balaban J connectivity index is 1.39. The predicted molar refractivity (Wildman–Crippen MR) is 137 cm³/mol. The van der Waals surface area contributed by atoms with Crippen molar-refractivity contribution in [2.45, 2.75) is 82.4 Å². The Hall–Kier alpha value is -2.57. The molecule has 1 amide bonds. The van der Waals surface area contributed by atoms with E-state index in [9.17, 15) is 19.5 Å². The summed E-state index contributed by atoms with van der Waals surface area (Å²) in [5.41, 5.74) is 0.794. The predicted octanol–water partition coefficient (Wildman–Crippen LogP) is 4.06. The van der Waals surface area contributed by atoms with Crippen LogP contribution in [0.5, 0.6) is 0 Å². The molecule has 12 heteroatoms. The molecule has 0 bridgehead atoms. The summed E-state index contributed by atoms with van der Waals surface area (Å²) in [5, 5.41) is 11.1. The molecule has 5 rings (SSSR count). The molecule has 5 atom stereocenters. The first-order valence-electron chi connectivity index (χ1n) is 12.6. The van der Waals surface area contributed by atoms with Gasteiger partial charge in [-0.3, -0.25) is 9.20 Å². The third-order valence-electron chi connectivity index (χ3n) is 7.35. The van der Waals surface area contributed by atoms with E-state index in [0.717, 1.165) is 46.8 Å². The molecule has 200 valence electrons. The topological polar surface area (TPSA) is 120 Å². The van der Waals surface area contributed by atoms with Gasteiger partial charge in [0.25, 0.3) is 0 Å². The van der Waals surface area contributed by atoms with Crippen LogP contribution in [0.3, 0.4) is 0 Å². The van der Waals surface area contributed by atoms with Crippen LogP contribution in [0.1, 0.15) is 57.8 Å². The van der Waals surface area contributed by atoms with Gasteiger partial charge in [-0.15, -0.1) is 23.1 Å². The van der Waals surface area contributed by atoms with Gasteiger partial charge < -0.3 is 24.2 Å². The average molecular weight is 550 g/mol. The Morgan fingerprint density at radius 3 is 2.62 bits per heavy atom. The molecule has 2 aromatic heterocycles. The second-order valence-corrected chi connectivity index (χ2v) is 11.6. The third-order valence-corrected chi connectivity index (χ3v) is 9.31. The summed E-state index contributed by atoms with van der Waals surface area (Å²) in [6.07, 6.45) is 7.15. The number of hydrogen-bond acceptors (Lipinski definition) is 10. The smallest absolute Gasteiger partial charge is 0.431 e. The molecule has 3 aliphatic rings. The van der Waals surface area contributed by atoms with E-state index in [2.05, 4.69) is 4.98 Å². The Morgan fingerprint density at radius 2 is 1.95 bits per heavy atom. The second-order valence-electron chi connectivity index (χ2n) is 9.80. The van der Waals surface area contributed by atoms with E-state index in [-0.39, 0.29) is 29.7 Å². The molecule has 0 aromatic carbocycles. The number of aliphatic hydroxyl groups is 1. The van der Waals surface area contributed by atoms with Crippen LogP contribution in [0, 0.1) is 11.8 Å². The molecule has 1 unspecified atom stereocenters. The molecule has 37 heavy (non-hydrogen) atoms. The summed E-state index contributed by atoms with van der Waals surface area (Å²) in [7, 11) is 0. The van der Waals surface area contributed by atoms with E-state index in [0.29, 0.717) is 5.57 Å². The lowest BCUT2D eigenvalue weighted by molar-refractivity contribution is -0.174. The van der Waals surface area contributed by atoms with E-state index in [1.165, 1.54) is 34.9 Å². The summed E-state index contributed by atoms with van der Waals surface area (Å²) in [5.74, 6) is -1.92. The Labute approximate surface area is 223 Å². The number of thioether (sulfide) groups is 1. The molecule has 1 aliphatic carbocycles. The minimum Gasteiger partial charge on any atom is -0.431 e. The molecule has 1 saturated carbocycles. The third kappa shape index (κ3) is 4.63. The SMILES string of the molecule is CSc1ncn2cc(C3=C(C(=O)OC(C)OC(=O)OC4CCCCC4)N4C(=O)[C@H]([C@@H](C)O)[C@H]4[C@H]3C)sc12. The van der Waals surface area contributed by atoms with Crippen molar-refractivity contribution in [3.63, 3.8) is 0 Å². The number of ether oxygens (including phenoxy) is 3. The molecule has 0 radical (unpaired) electrons. The van der Waals surface area contributed by atoms with E-state index in [4.69, 9.17) is 14.2 Å². The molecule has 1 N–H and O–H groups in total. The van der Waals surface area contributed by atoms with Crippen LogP contribution in [0.15, 0.2) is 23.2 Å². The number of fused-ring (bicyclic) bond motifs is 2. The standard InChI is InChI=1S/C25H31N3O7S2/c1-12-17(16-10-27-11-26-21(36-4)23(27)37-16)20(28-19(12)18(13(2)29)22(28)30)24(31)33-14(3)34-25(32)35-15-8-6-5-7-9-15/h10-15,18-19,29H,5-9H2,1-4H3/t12-,13+,14?,18+,19+/m0/s1. The van der Waals surface area contributed by atoms with Gasteiger partial charge in [-0.2, -0.15) is 0 Å². The zero-order chi connectivity index (χ0) is 26.4. The summed E-state index contributed by atoms with van der Waals surface area (Å²) in [4.78, 5) is 46.3. The Morgan fingerprint density at radius 1 is 1.22 bits per heavy atom. The highest BCUT2D eigenvalue weighted by atomic mass is 32.2. The molecule has 10 nitrogen and oxygen atoms in total. The first-order chi connectivity index (χ1) is 17.7. The van der Waals surface area contributed by atoms with Crippen LogP contribution in [-0.2, 0) is 23.8 Å². The number of carbonyl (C=O) groups excluding carboxylic acids is 3. The molecule has 2 aromatic rings. The summed E-state index contributed by atoms with van der Waals surface area (Å²) >= 11 is 3.00. The lowest BCUT2D eigenvalue weighted by Gasteiger charge is -2.46. The minimum absolute atomic E-state index is 0.124. The van der Waals surface area contributed by atoms with Crippen molar-refractivity contribution in [2.24, 2.45) is 11.8 Å². The van der Waals surface area contributed by atoms with Crippen molar-refractivity contribution < 1.29 is 33.7 Å². The van der Waals surface area contributed by atoms with Crippen molar-refractivity contribution >= 4 is 51.5 Å². The number of thiazole rings is 1. The van der Waals surface area contributed by atoms with Crippen LogP contribution in [-0.4, -0.2) is 68.2 Å². The molecular formula is C25H31N3O7S2. The maximum atomic E-state index is 13.5. The van der Waals surface area contributed by atoms with Crippen LogP contribution in [0.4, 0.5) is 4.79 Å². The van der Waals surface area contributed by atoms with Crippen LogP contribution in [0.25, 0.3) is 10.4 Å². The van der Waals surface area contributed by atoms with Crippen molar-refractivity contribution in [1.29, 1.82) is 0 Å². The fourth-order valence-corrected chi connectivity index (χ4v) is 7.56. The van der Waals surface area contributed by atoms with E-state index < -0.39 is 30.4 Å². The zero-order valence-electron chi connectivity index (χ0n) is 21.2. The summed E-state index contributed by atoms with van der Waals surface area (Å²) < 4.78 is 18.0. The van der Waals surface area contributed by atoms with Gasteiger partial charge >= 0.3 is 12.1 Å². The number of β-lactam (4-membered cyclic amide) rings is 1.